The molecule has 0 aliphatic carbocycles. The summed E-state index contributed by atoms with van der Waals surface area (Å²) in [5.41, 5.74) is 0. The monoisotopic (exact) mass is 210 g/mol. The van der Waals surface area contributed by atoms with E-state index in [1.54, 1.807) is 9.80 Å². The molecule has 0 saturated carbocycles. The molecular weight excluding hydrogens is 192 g/mol. The number of rotatable bonds is 1. The van der Waals surface area contributed by atoms with Crippen LogP contribution in [0.5, 0.6) is 0 Å². The van der Waals surface area contributed by atoms with Crippen LogP contribution in [0.1, 0.15) is 25.7 Å². The zero-order valence-corrected chi connectivity index (χ0v) is 9.40. The first-order valence-corrected chi connectivity index (χ1v) is 5.62. The van der Waals surface area contributed by atoms with Gasteiger partial charge >= 0.3 is 0 Å². The Morgan fingerprint density at radius 2 is 1.93 bits per heavy atom. The second-order valence-corrected chi connectivity index (χ2v) is 4.62. The minimum Gasteiger partial charge on any atom is -0.345 e. The van der Waals surface area contributed by atoms with Gasteiger partial charge in [0.05, 0.1) is 5.92 Å². The van der Waals surface area contributed by atoms with E-state index < -0.39 is 0 Å². The van der Waals surface area contributed by atoms with Gasteiger partial charge in [-0.15, -0.1) is 0 Å². The van der Waals surface area contributed by atoms with Crippen LogP contribution in [0, 0.1) is 5.92 Å². The lowest BCUT2D eigenvalue weighted by Gasteiger charge is -2.35. The quantitative estimate of drug-likeness (QED) is 0.631. The van der Waals surface area contributed by atoms with E-state index in [-0.39, 0.29) is 23.8 Å². The lowest BCUT2D eigenvalue weighted by atomic mass is 9.89. The third kappa shape index (κ3) is 1.73. The van der Waals surface area contributed by atoms with E-state index in [2.05, 4.69) is 0 Å². The summed E-state index contributed by atoms with van der Waals surface area (Å²) in [4.78, 5) is 27.0. The molecule has 15 heavy (non-hydrogen) atoms. The Morgan fingerprint density at radius 3 is 2.53 bits per heavy atom. The van der Waals surface area contributed by atoms with Crippen LogP contribution < -0.4 is 0 Å². The maximum Gasteiger partial charge on any atom is 0.227 e. The minimum absolute atomic E-state index is 0.0456. The lowest BCUT2D eigenvalue weighted by molar-refractivity contribution is -0.139. The van der Waals surface area contributed by atoms with Gasteiger partial charge in [-0.1, -0.05) is 0 Å². The molecule has 2 aliphatic rings. The fraction of sp³-hybridized carbons (Fsp3) is 0.818. The molecule has 0 aromatic carbocycles. The normalized spacial score (nSPS) is 32.7. The highest BCUT2D eigenvalue weighted by molar-refractivity contribution is 5.83. The highest BCUT2D eigenvalue weighted by atomic mass is 16.2. The smallest absolute Gasteiger partial charge is 0.227 e. The topological polar surface area (TPSA) is 40.6 Å². The molecule has 0 aromatic heterocycles. The summed E-state index contributed by atoms with van der Waals surface area (Å²) >= 11 is 0. The highest BCUT2D eigenvalue weighted by Crippen LogP contribution is 2.29. The molecule has 2 atom stereocenters. The van der Waals surface area contributed by atoms with Gasteiger partial charge in [0.2, 0.25) is 11.8 Å². The summed E-state index contributed by atoms with van der Waals surface area (Å²) in [6.45, 7) is 0.835. The molecule has 2 saturated heterocycles. The molecule has 4 nitrogen and oxygen atoms in total. The molecule has 0 bridgehead atoms. The van der Waals surface area contributed by atoms with Crippen molar-refractivity contribution in [2.75, 3.05) is 20.6 Å². The maximum absolute atomic E-state index is 11.8. The van der Waals surface area contributed by atoms with Gasteiger partial charge in [0.15, 0.2) is 0 Å². The molecule has 2 heterocycles. The zero-order chi connectivity index (χ0) is 11.0. The second-order valence-electron chi connectivity index (χ2n) is 4.62. The van der Waals surface area contributed by atoms with Crippen LogP contribution in [0.2, 0.25) is 0 Å². The van der Waals surface area contributed by atoms with Crippen LogP contribution in [0.25, 0.3) is 0 Å². The molecule has 2 amide bonds. The van der Waals surface area contributed by atoms with E-state index in [4.69, 9.17) is 0 Å². The number of carbonyl (C=O) groups excluding carboxylic acids is 2. The lowest BCUT2D eigenvalue weighted by Crippen LogP contribution is -2.47. The van der Waals surface area contributed by atoms with Crippen molar-refractivity contribution in [2.24, 2.45) is 5.92 Å². The zero-order valence-electron chi connectivity index (χ0n) is 9.40. The Labute approximate surface area is 90.2 Å². The molecule has 2 aliphatic heterocycles. The van der Waals surface area contributed by atoms with Crippen molar-refractivity contribution in [1.82, 2.24) is 9.80 Å². The summed E-state index contributed by atoms with van der Waals surface area (Å²) in [6, 6.07) is 0.142. The molecule has 84 valence electrons. The summed E-state index contributed by atoms with van der Waals surface area (Å²) in [5, 5.41) is 0. The molecule has 4 heteroatoms. The van der Waals surface area contributed by atoms with Crippen molar-refractivity contribution < 1.29 is 9.59 Å². The average Bonchev–Trinajstić information content (AvgIpc) is 2.53. The van der Waals surface area contributed by atoms with E-state index in [0.29, 0.717) is 6.42 Å². The predicted molar refractivity (Wildman–Crippen MR) is 56.2 cm³/mol. The number of amides is 2. The Morgan fingerprint density at radius 1 is 1.20 bits per heavy atom. The fourth-order valence-corrected chi connectivity index (χ4v) is 2.69. The summed E-state index contributed by atoms with van der Waals surface area (Å²) in [6.07, 6.45) is 3.45. The minimum atomic E-state index is 0.0456. The van der Waals surface area contributed by atoms with Gasteiger partial charge in [-0.2, -0.15) is 0 Å². The van der Waals surface area contributed by atoms with Crippen molar-refractivity contribution in [2.45, 2.75) is 31.7 Å². The number of nitrogens with zero attached hydrogens (tertiary/aromatic N) is 2. The third-order valence-electron chi connectivity index (χ3n) is 3.71. The van der Waals surface area contributed by atoms with Crippen LogP contribution in [0.3, 0.4) is 0 Å². The summed E-state index contributed by atoms with van der Waals surface area (Å²) in [5.74, 6) is 0.444. The Balaban J connectivity index is 2.10. The second kappa shape index (κ2) is 3.83. The molecule has 0 aromatic rings. The van der Waals surface area contributed by atoms with Gasteiger partial charge in [-0.05, 0) is 19.3 Å². The molecule has 2 unspecified atom stereocenters. The van der Waals surface area contributed by atoms with Crippen LogP contribution in [0.4, 0.5) is 0 Å². The Hall–Kier alpha value is -1.06. The molecule has 0 N–H and O–H groups in total. The van der Waals surface area contributed by atoms with Gasteiger partial charge in [0.25, 0.3) is 0 Å². The third-order valence-corrected chi connectivity index (χ3v) is 3.71. The molecule has 0 radical (unpaired) electrons. The van der Waals surface area contributed by atoms with Gasteiger partial charge in [0, 0.05) is 33.1 Å². The van der Waals surface area contributed by atoms with Gasteiger partial charge in [-0.3, -0.25) is 9.59 Å². The summed E-state index contributed by atoms with van der Waals surface area (Å²) in [7, 11) is 3.67. The number of likely N-dealkylation sites (tertiary alicyclic amines) is 2. The van der Waals surface area contributed by atoms with Crippen LogP contribution in [0.15, 0.2) is 0 Å². The average molecular weight is 210 g/mol. The van der Waals surface area contributed by atoms with Crippen LogP contribution in [-0.2, 0) is 9.59 Å². The van der Waals surface area contributed by atoms with E-state index >= 15 is 0 Å². The van der Waals surface area contributed by atoms with Crippen molar-refractivity contribution >= 4 is 11.8 Å². The first-order chi connectivity index (χ1) is 7.11. The maximum atomic E-state index is 11.8. The van der Waals surface area contributed by atoms with E-state index in [9.17, 15) is 9.59 Å². The number of hydrogen-bond acceptors (Lipinski definition) is 2. The van der Waals surface area contributed by atoms with Crippen molar-refractivity contribution in [3.63, 3.8) is 0 Å². The number of hydrogen-bond donors (Lipinski definition) is 0. The fourth-order valence-electron chi connectivity index (χ4n) is 2.69. The largest absolute Gasteiger partial charge is 0.345 e. The first-order valence-electron chi connectivity index (χ1n) is 5.62. The van der Waals surface area contributed by atoms with Crippen molar-refractivity contribution in [3.05, 3.63) is 0 Å². The van der Waals surface area contributed by atoms with Crippen LogP contribution in [-0.4, -0.2) is 48.3 Å². The van der Waals surface area contributed by atoms with Crippen molar-refractivity contribution in [3.8, 4) is 0 Å². The molecule has 2 rings (SSSR count). The standard InChI is InChI=1S/C11H18N2O2/c1-12-7-6-8(11(12)15)9-4-3-5-10(14)13(9)2/h8-9H,3-7H2,1-2H3. The van der Waals surface area contributed by atoms with Crippen molar-refractivity contribution in [1.29, 1.82) is 0 Å². The van der Waals surface area contributed by atoms with Gasteiger partial charge in [0.1, 0.15) is 0 Å². The van der Waals surface area contributed by atoms with Gasteiger partial charge in [-0.25, -0.2) is 0 Å². The van der Waals surface area contributed by atoms with E-state index in [1.165, 1.54) is 0 Å². The summed E-state index contributed by atoms with van der Waals surface area (Å²) < 4.78 is 0. The Kier molecular flexibility index (Phi) is 2.67. The van der Waals surface area contributed by atoms with Gasteiger partial charge < -0.3 is 9.80 Å². The Bertz CT molecular complexity index is 290. The van der Waals surface area contributed by atoms with E-state index in [1.807, 2.05) is 14.1 Å². The highest BCUT2D eigenvalue weighted by Gasteiger charge is 2.39. The SMILES string of the molecule is CN1CCC(C2CCCC(=O)N2C)C1=O. The molecular formula is C11H18N2O2. The molecule has 0 spiro atoms. The molecule has 2 fully saturated rings. The number of piperidine rings is 1. The van der Waals surface area contributed by atoms with Crippen LogP contribution >= 0.6 is 0 Å². The number of carbonyl (C=O) groups is 2. The first kappa shape index (κ1) is 10.5. The van der Waals surface area contributed by atoms with E-state index in [0.717, 1.165) is 25.8 Å². The predicted octanol–water partition coefficient (Wildman–Crippen LogP) is 0.476.